The topological polar surface area (TPSA) is 60.4 Å². The van der Waals surface area contributed by atoms with Gasteiger partial charge in [0.05, 0.1) is 0 Å². The van der Waals surface area contributed by atoms with E-state index in [0.717, 1.165) is 18.4 Å². The summed E-state index contributed by atoms with van der Waals surface area (Å²) in [7, 11) is -5.89. The first-order valence-corrected chi connectivity index (χ1v) is 11.7. The van der Waals surface area contributed by atoms with Gasteiger partial charge in [-0.05, 0) is 24.5 Å². The molecule has 30 heavy (non-hydrogen) atoms. The van der Waals surface area contributed by atoms with Gasteiger partial charge in [0.1, 0.15) is 0 Å². The lowest BCUT2D eigenvalue weighted by Crippen LogP contribution is -2.29. The molecule has 0 heterocycles. The molecule has 3 rings (SSSR count). The van der Waals surface area contributed by atoms with E-state index in [-0.39, 0.29) is 35.3 Å². The van der Waals surface area contributed by atoms with E-state index in [2.05, 4.69) is 20.1 Å². The van der Waals surface area contributed by atoms with Crippen molar-refractivity contribution in [3.05, 3.63) is 63.1 Å². The first-order valence-electron chi connectivity index (χ1n) is 9.48. The zero-order chi connectivity index (χ0) is 22.1. The predicted octanol–water partition coefficient (Wildman–Crippen LogP) is 5.81. The second-order valence-electron chi connectivity index (χ2n) is 7.25. The van der Waals surface area contributed by atoms with Gasteiger partial charge >= 0.3 is 15.6 Å². The van der Waals surface area contributed by atoms with Gasteiger partial charge in [-0.15, -0.1) is 0 Å². The van der Waals surface area contributed by atoms with Gasteiger partial charge in [0.25, 0.3) is 0 Å². The smallest absolute Gasteiger partial charge is 0.375 e. The Balaban J connectivity index is 2.13. The molecule has 2 aromatic rings. The summed E-state index contributed by atoms with van der Waals surface area (Å²) in [5.74, 6) is -0.984. The lowest BCUT2D eigenvalue weighted by Gasteiger charge is -2.18. The first kappa shape index (κ1) is 22.8. The molecule has 1 aliphatic rings. The van der Waals surface area contributed by atoms with Crippen molar-refractivity contribution >= 4 is 31.8 Å². The summed E-state index contributed by atoms with van der Waals surface area (Å²) in [4.78, 5) is 12.8. The number of ketones is 1. The average molecular weight is 505 g/mol. The summed E-state index contributed by atoms with van der Waals surface area (Å²) in [6.07, 6.45) is 2.55. The normalized spacial score (nSPS) is 16.6. The Hall–Kier alpha value is -1.87. The van der Waals surface area contributed by atoms with E-state index in [0.29, 0.717) is 10.9 Å². The highest BCUT2D eigenvalue weighted by molar-refractivity contribution is 9.10. The molecule has 4 nitrogen and oxygen atoms in total. The van der Waals surface area contributed by atoms with Gasteiger partial charge in [-0.1, -0.05) is 66.0 Å². The van der Waals surface area contributed by atoms with E-state index in [4.69, 9.17) is 0 Å². The maximum absolute atomic E-state index is 13.1. The molecular formula is C21H20BrF3O4S. The minimum absolute atomic E-state index is 0.144. The van der Waals surface area contributed by atoms with Crippen molar-refractivity contribution in [1.29, 1.82) is 0 Å². The van der Waals surface area contributed by atoms with Gasteiger partial charge in [-0.2, -0.15) is 21.6 Å². The van der Waals surface area contributed by atoms with Crippen molar-refractivity contribution in [2.45, 2.75) is 44.5 Å². The fourth-order valence-electron chi connectivity index (χ4n) is 3.60. The zero-order valence-electron chi connectivity index (χ0n) is 16.1. The Morgan fingerprint density at radius 2 is 1.87 bits per heavy atom. The molecule has 0 N–H and O–H groups in total. The Morgan fingerprint density at radius 1 is 1.20 bits per heavy atom. The molecule has 0 bridgehead atoms. The summed E-state index contributed by atoms with van der Waals surface area (Å²) in [5.41, 5.74) is -4.11. The maximum Gasteiger partial charge on any atom is 0.534 e. The van der Waals surface area contributed by atoms with Crippen LogP contribution in [0.25, 0.3) is 0 Å². The minimum Gasteiger partial charge on any atom is -0.375 e. The van der Waals surface area contributed by atoms with Crippen molar-refractivity contribution in [1.82, 2.24) is 0 Å². The summed E-state index contributed by atoms with van der Waals surface area (Å²) in [6.45, 7) is 1.98. The van der Waals surface area contributed by atoms with E-state index in [1.807, 2.05) is 6.92 Å². The second kappa shape index (κ2) is 8.70. The third-order valence-electron chi connectivity index (χ3n) is 5.13. The Morgan fingerprint density at radius 3 is 2.47 bits per heavy atom. The molecule has 0 aliphatic heterocycles. The number of hydrogen-bond donors (Lipinski definition) is 0. The van der Waals surface area contributed by atoms with E-state index in [1.54, 1.807) is 36.4 Å². The lowest BCUT2D eigenvalue weighted by molar-refractivity contribution is -0.0500. The fourth-order valence-corrected chi connectivity index (χ4v) is 4.67. The molecule has 1 atom stereocenters. The van der Waals surface area contributed by atoms with Gasteiger partial charge in [0.15, 0.2) is 11.5 Å². The Kier molecular flexibility index (Phi) is 6.62. The highest BCUT2D eigenvalue weighted by Gasteiger charge is 2.49. The lowest BCUT2D eigenvalue weighted by atomic mass is 9.98. The molecule has 0 aromatic heterocycles. The number of halogens is 4. The molecular weight excluding hydrogens is 485 g/mol. The summed E-state index contributed by atoms with van der Waals surface area (Å²) >= 11 is 3.31. The third kappa shape index (κ3) is 4.56. The second-order valence-corrected chi connectivity index (χ2v) is 9.64. The summed E-state index contributed by atoms with van der Waals surface area (Å²) in [5, 5.41) is 0. The number of unbranched alkanes of at least 4 members (excludes halogenated alkanes) is 1. The molecule has 0 saturated carbocycles. The fraction of sp³-hybridized carbons (Fsp3) is 0.381. The molecule has 0 fully saturated rings. The van der Waals surface area contributed by atoms with Crippen LogP contribution >= 0.6 is 15.9 Å². The Bertz CT molecular complexity index is 1050. The van der Waals surface area contributed by atoms with Crippen LogP contribution in [0, 0.1) is 5.92 Å². The minimum atomic E-state index is -5.89. The van der Waals surface area contributed by atoms with Crippen LogP contribution in [0.4, 0.5) is 13.2 Å². The van der Waals surface area contributed by atoms with Crippen molar-refractivity contribution in [3.8, 4) is 5.75 Å². The summed E-state index contributed by atoms with van der Waals surface area (Å²) in [6, 6.07) is 10.5. The predicted molar refractivity (Wildman–Crippen MR) is 110 cm³/mol. The van der Waals surface area contributed by atoms with Crippen molar-refractivity contribution in [3.63, 3.8) is 0 Å². The Labute approximate surface area is 181 Å². The van der Waals surface area contributed by atoms with Crippen LogP contribution in [0.2, 0.25) is 0 Å². The van der Waals surface area contributed by atoms with Crippen LogP contribution in [-0.2, 0) is 23.0 Å². The first-order chi connectivity index (χ1) is 14.0. The van der Waals surface area contributed by atoms with Crippen LogP contribution in [0.5, 0.6) is 5.75 Å². The number of carbonyl (C=O) groups is 1. The van der Waals surface area contributed by atoms with Crippen LogP contribution in [0.3, 0.4) is 0 Å². The summed E-state index contributed by atoms with van der Waals surface area (Å²) < 4.78 is 67.8. The largest absolute Gasteiger partial charge is 0.534 e. The van der Waals surface area contributed by atoms with E-state index in [9.17, 15) is 26.4 Å². The quantitative estimate of drug-likeness (QED) is 0.352. The average Bonchev–Trinajstić information content (AvgIpc) is 2.98. The van der Waals surface area contributed by atoms with Gasteiger partial charge < -0.3 is 4.18 Å². The molecule has 0 radical (unpaired) electrons. The van der Waals surface area contributed by atoms with Crippen molar-refractivity contribution in [2.75, 3.05) is 0 Å². The highest BCUT2D eigenvalue weighted by atomic mass is 79.9. The molecule has 9 heteroatoms. The van der Waals surface area contributed by atoms with Gasteiger partial charge in [0.2, 0.25) is 0 Å². The van der Waals surface area contributed by atoms with Crippen LogP contribution in [-0.4, -0.2) is 19.7 Å². The van der Waals surface area contributed by atoms with Gasteiger partial charge in [0, 0.05) is 33.5 Å². The van der Waals surface area contributed by atoms with Crippen molar-refractivity contribution in [2.24, 2.45) is 5.92 Å². The molecule has 0 saturated heterocycles. The van der Waals surface area contributed by atoms with Crippen LogP contribution in [0.1, 0.15) is 53.2 Å². The molecule has 2 aromatic carbocycles. The van der Waals surface area contributed by atoms with Gasteiger partial charge in [-0.25, -0.2) is 0 Å². The highest BCUT2D eigenvalue weighted by Crippen LogP contribution is 2.44. The number of fused-ring (bicyclic) bond motifs is 1. The number of rotatable bonds is 7. The molecule has 1 unspecified atom stereocenters. The van der Waals surface area contributed by atoms with Gasteiger partial charge in [-0.3, -0.25) is 4.79 Å². The molecule has 0 spiro atoms. The number of benzene rings is 2. The van der Waals surface area contributed by atoms with E-state index in [1.165, 1.54) is 0 Å². The third-order valence-corrected chi connectivity index (χ3v) is 6.79. The molecule has 0 amide bonds. The zero-order valence-corrected chi connectivity index (χ0v) is 18.5. The number of alkyl halides is 3. The van der Waals surface area contributed by atoms with E-state index >= 15 is 0 Å². The number of Topliss-reactive ketones (excluding diaryl/α,β-unsaturated/α-hetero) is 1. The van der Waals surface area contributed by atoms with Crippen LogP contribution < -0.4 is 4.18 Å². The SMILES string of the molecule is CCCCC1Cc2c(cc(Br)c(Cc3ccccc3)c2OS(=O)(=O)C(F)(F)F)C1=O. The van der Waals surface area contributed by atoms with E-state index < -0.39 is 27.3 Å². The maximum atomic E-state index is 13.1. The van der Waals surface area contributed by atoms with Crippen LogP contribution in [0.15, 0.2) is 40.9 Å². The van der Waals surface area contributed by atoms with Crippen molar-refractivity contribution < 1.29 is 30.6 Å². The molecule has 1 aliphatic carbocycles. The molecule has 162 valence electrons. The standard InChI is InChI=1S/C21H20BrF3O4S/c1-2-3-9-14-11-16-15(19(14)26)12-18(22)17(10-13-7-5-4-6-8-13)20(16)29-30(27,28)21(23,24)25/h4-8,12,14H,2-3,9-11H2,1H3. The monoisotopic (exact) mass is 504 g/mol. The number of hydrogen-bond acceptors (Lipinski definition) is 4. The number of carbonyl (C=O) groups excluding carboxylic acids is 1.